The third-order valence-electron chi connectivity index (χ3n) is 5.06. The van der Waals surface area contributed by atoms with Gasteiger partial charge in [-0.15, -0.1) is 0 Å². The van der Waals surface area contributed by atoms with Crippen molar-refractivity contribution in [2.45, 2.75) is 32.8 Å². The molecule has 2 aromatic carbocycles. The molecule has 33 heavy (non-hydrogen) atoms. The lowest BCUT2D eigenvalue weighted by Gasteiger charge is -2.35. The number of carbonyl (C=O) groups excluding carboxylic acids is 3. The molecule has 0 unspecified atom stereocenters. The first-order chi connectivity index (χ1) is 15.5. The molecule has 1 saturated heterocycles. The van der Waals surface area contributed by atoms with Gasteiger partial charge in [0.25, 0.3) is 5.91 Å². The van der Waals surface area contributed by atoms with Gasteiger partial charge in [-0.3, -0.25) is 14.9 Å². The predicted octanol–water partition coefficient (Wildman–Crippen LogP) is 3.92. The Morgan fingerprint density at radius 3 is 2.21 bits per heavy atom. The van der Waals surface area contributed by atoms with Gasteiger partial charge in [0, 0.05) is 36.9 Å². The highest BCUT2D eigenvalue weighted by molar-refractivity contribution is 6.31. The van der Waals surface area contributed by atoms with Crippen molar-refractivity contribution < 1.29 is 24.2 Å². The molecule has 8 nitrogen and oxygen atoms in total. The lowest BCUT2D eigenvalue weighted by molar-refractivity contribution is -0.131. The number of rotatable bonds is 4. The maximum Gasteiger partial charge on any atom is 0.412 e. The van der Waals surface area contributed by atoms with E-state index in [1.807, 2.05) is 0 Å². The first-order valence-corrected chi connectivity index (χ1v) is 11.0. The smallest absolute Gasteiger partial charge is 0.412 e. The van der Waals surface area contributed by atoms with Crippen LogP contribution >= 0.6 is 11.6 Å². The monoisotopic (exact) mass is 473 g/mol. The third-order valence-corrected chi connectivity index (χ3v) is 5.30. The Morgan fingerprint density at radius 1 is 1.00 bits per heavy atom. The summed E-state index contributed by atoms with van der Waals surface area (Å²) in [5.41, 5.74) is 0.968. The van der Waals surface area contributed by atoms with Crippen LogP contribution in [-0.2, 0) is 16.0 Å². The number of ether oxygens (including phenoxy) is 1. The number of amides is 3. The maximum atomic E-state index is 12.7. The van der Waals surface area contributed by atoms with Gasteiger partial charge in [0.05, 0.1) is 12.0 Å². The van der Waals surface area contributed by atoms with Crippen LogP contribution in [0.4, 0.5) is 10.5 Å². The topological polar surface area (TPSA) is 99.2 Å². The molecule has 176 valence electrons. The quantitative estimate of drug-likeness (QED) is 0.701. The minimum atomic E-state index is -0.584. The minimum Gasteiger partial charge on any atom is -0.507 e. The molecule has 1 aliphatic rings. The number of hydrogen-bond donors (Lipinski definition) is 2. The Bertz CT molecular complexity index is 1030. The molecule has 0 radical (unpaired) electrons. The summed E-state index contributed by atoms with van der Waals surface area (Å²) in [6.45, 7) is 6.92. The molecule has 1 fully saturated rings. The molecule has 0 atom stereocenters. The van der Waals surface area contributed by atoms with Crippen molar-refractivity contribution in [3.05, 3.63) is 58.6 Å². The summed E-state index contributed by atoms with van der Waals surface area (Å²) in [7, 11) is 0. The van der Waals surface area contributed by atoms with Crippen LogP contribution < -0.4 is 5.32 Å². The average Bonchev–Trinajstić information content (AvgIpc) is 2.75. The second-order valence-electron chi connectivity index (χ2n) is 8.84. The zero-order valence-electron chi connectivity index (χ0n) is 18.9. The zero-order valence-corrected chi connectivity index (χ0v) is 19.7. The normalized spacial score (nSPS) is 14.1. The first kappa shape index (κ1) is 24.4. The molecule has 0 bridgehead atoms. The van der Waals surface area contributed by atoms with Gasteiger partial charge >= 0.3 is 6.09 Å². The Hall–Kier alpha value is -3.26. The van der Waals surface area contributed by atoms with Crippen molar-refractivity contribution in [3.8, 4) is 5.75 Å². The van der Waals surface area contributed by atoms with E-state index in [1.54, 1.807) is 54.8 Å². The molecule has 9 heteroatoms. The average molecular weight is 474 g/mol. The van der Waals surface area contributed by atoms with Crippen LogP contribution in [0.2, 0.25) is 5.02 Å². The van der Waals surface area contributed by atoms with Crippen LogP contribution in [-0.4, -0.2) is 64.6 Å². The molecule has 3 rings (SSSR count). The van der Waals surface area contributed by atoms with Crippen molar-refractivity contribution >= 4 is 35.2 Å². The molecule has 3 amide bonds. The highest BCUT2D eigenvalue weighted by Crippen LogP contribution is 2.23. The molecule has 1 aliphatic heterocycles. The maximum absolute atomic E-state index is 12.7. The molecule has 0 saturated carbocycles. The molecule has 0 spiro atoms. The van der Waals surface area contributed by atoms with Crippen LogP contribution in [0.3, 0.4) is 0 Å². The molecule has 1 heterocycles. The fourth-order valence-electron chi connectivity index (χ4n) is 3.42. The standard InChI is InChI=1S/C24H28ClN3O5/c1-24(2,3)33-23(32)26-18-7-4-16(5-8-18)14-21(30)27-10-12-28(13-11-27)22(31)19-15-17(25)6-9-20(19)29/h4-9,15,29H,10-14H2,1-3H3,(H,26,32). The fourth-order valence-corrected chi connectivity index (χ4v) is 3.59. The number of halogens is 1. The summed E-state index contributed by atoms with van der Waals surface area (Å²) in [6.07, 6.45) is -0.319. The van der Waals surface area contributed by atoms with E-state index in [0.29, 0.717) is 36.9 Å². The van der Waals surface area contributed by atoms with E-state index < -0.39 is 11.7 Å². The number of hydrogen-bond acceptors (Lipinski definition) is 5. The van der Waals surface area contributed by atoms with Gasteiger partial charge in [0.1, 0.15) is 11.4 Å². The predicted molar refractivity (Wildman–Crippen MR) is 126 cm³/mol. The van der Waals surface area contributed by atoms with Crippen molar-refractivity contribution in [2.24, 2.45) is 0 Å². The number of aromatic hydroxyl groups is 1. The van der Waals surface area contributed by atoms with Gasteiger partial charge in [-0.25, -0.2) is 4.79 Å². The van der Waals surface area contributed by atoms with Crippen molar-refractivity contribution in [3.63, 3.8) is 0 Å². The van der Waals surface area contributed by atoms with Gasteiger partial charge < -0.3 is 19.6 Å². The second-order valence-corrected chi connectivity index (χ2v) is 9.27. The van der Waals surface area contributed by atoms with E-state index in [1.165, 1.54) is 18.2 Å². The van der Waals surface area contributed by atoms with Crippen LogP contribution in [0, 0.1) is 0 Å². The lowest BCUT2D eigenvalue weighted by Crippen LogP contribution is -2.51. The Labute approximate surface area is 198 Å². The minimum absolute atomic E-state index is 0.0412. The third kappa shape index (κ3) is 6.86. The zero-order chi connectivity index (χ0) is 24.2. The Morgan fingerprint density at radius 2 is 1.61 bits per heavy atom. The summed E-state index contributed by atoms with van der Waals surface area (Å²) in [4.78, 5) is 40.6. The van der Waals surface area contributed by atoms with Crippen LogP contribution in [0.25, 0.3) is 0 Å². The van der Waals surface area contributed by atoms with Crippen LogP contribution in [0.1, 0.15) is 36.7 Å². The van der Waals surface area contributed by atoms with Gasteiger partial charge in [-0.1, -0.05) is 23.7 Å². The van der Waals surface area contributed by atoms with E-state index in [-0.39, 0.29) is 29.5 Å². The number of phenolic OH excluding ortho intramolecular Hbond substituents is 1. The van der Waals surface area contributed by atoms with Gasteiger partial charge in [0.2, 0.25) is 5.91 Å². The van der Waals surface area contributed by atoms with Crippen LogP contribution in [0.5, 0.6) is 5.75 Å². The number of nitrogens with zero attached hydrogens (tertiary/aromatic N) is 2. The van der Waals surface area contributed by atoms with E-state index in [2.05, 4.69) is 5.32 Å². The van der Waals surface area contributed by atoms with Crippen LogP contribution in [0.15, 0.2) is 42.5 Å². The molecular weight excluding hydrogens is 446 g/mol. The summed E-state index contributed by atoms with van der Waals surface area (Å²) in [6, 6.07) is 11.4. The van der Waals surface area contributed by atoms with E-state index >= 15 is 0 Å². The summed E-state index contributed by atoms with van der Waals surface area (Å²) in [5, 5.41) is 13.0. The Kier molecular flexibility index (Phi) is 7.48. The summed E-state index contributed by atoms with van der Waals surface area (Å²) < 4.78 is 5.22. The number of phenols is 1. The largest absolute Gasteiger partial charge is 0.507 e. The number of piperazine rings is 1. The highest BCUT2D eigenvalue weighted by atomic mass is 35.5. The second kappa shape index (κ2) is 10.1. The number of anilines is 1. The SMILES string of the molecule is CC(C)(C)OC(=O)Nc1ccc(CC(=O)N2CCN(C(=O)c3cc(Cl)ccc3O)CC2)cc1. The number of carbonyl (C=O) groups is 3. The lowest BCUT2D eigenvalue weighted by atomic mass is 10.1. The highest BCUT2D eigenvalue weighted by Gasteiger charge is 2.26. The van der Waals surface area contributed by atoms with E-state index in [4.69, 9.17) is 16.3 Å². The molecule has 2 aromatic rings. The molecule has 2 N–H and O–H groups in total. The van der Waals surface area contributed by atoms with Gasteiger partial charge in [-0.2, -0.15) is 0 Å². The Balaban J connectivity index is 1.50. The number of benzene rings is 2. The van der Waals surface area contributed by atoms with Crippen molar-refractivity contribution in [1.82, 2.24) is 9.80 Å². The van der Waals surface area contributed by atoms with Gasteiger partial charge in [-0.05, 0) is 56.7 Å². The summed E-state index contributed by atoms with van der Waals surface area (Å²) >= 11 is 5.94. The van der Waals surface area contributed by atoms with Crippen molar-refractivity contribution in [1.29, 1.82) is 0 Å². The fraction of sp³-hybridized carbons (Fsp3) is 0.375. The van der Waals surface area contributed by atoms with Gasteiger partial charge in [0.15, 0.2) is 0 Å². The number of nitrogens with one attached hydrogen (secondary N) is 1. The molecule has 0 aromatic heterocycles. The van der Waals surface area contributed by atoms with E-state index in [9.17, 15) is 19.5 Å². The van der Waals surface area contributed by atoms with Crippen molar-refractivity contribution in [2.75, 3.05) is 31.5 Å². The molecular formula is C24H28ClN3O5. The summed E-state index contributed by atoms with van der Waals surface area (Å²) in [5.74, 6) is -0.469. The van der Waals surface area contributed by atoms with E-state index in [0.717, 1.165) is 5.56 Å². The first-order valence-electron chi connectivity index (χ1n) is 10.7. The molecule has 0 aliphatic carbocycles.